The molecule has 3 heteroatoms. The first-order chi connectivity index (χ1) is 5.27. The van der Waals surface area contributed by atoms with E-state index < -0.39 is 0 Å². The van der Waals surface area contributed by atoms with E-state index in [1.165, 1.54) is 12.1 Å². The molecule has 3 nitrogen and oxygen atoms in total. The summed E-state index contributed by atoms with van der Waals surface area (Å²) in [5.41, 5.74) is 1.19. The van der Waals surface area contributed by atoms with E-state index in [4.69, 9.17) is 5.11 Å². The summed E-state index contributed by atoms with van der Waals surface area (Å²) in [5, 5.41) is 11.8. The minimum Gasteiger partial charge on any atom is -0.508 e. The summed E-state index contributed by atoms with van der Waals surface area (Å²) in [6, 6.07) is 4.59. The molecule has 0 heterocycles. The van der Waals surface area contributed by atoms with E-state index in [0.717, 1.165) is 5.69 Å². The minimum atomic E-state index is 0.103. The number of rotatable bonds is 2. The summed E-state index contributed by atoms with van der Waals surface area (Å²) < 4.78 is 0. The maximum absolute atomic E-state index is 10.4. The molecule has 0 aliphatic rings. The van der Waals surface area contributed by atoms with E-state index in [-0.39, 0.29) is 5.75 Å². The van der Waals surface area contributed by atoms with Crippen LogP contribution in [0.3, 0.4) is 0 Å². The van der Waals surface area contributed by atoms with Crippen LogP contribution in [-0.4, -0.2) is 18.4 Å². The van der Waals surface area contributed by atoms with Crippen LogP contribution in [0.25, 0.3) is 0 Å². The van der Waals surface area contributed by atoms with Gasteiger partial charge in [-0.3, -0.25) is 4.79 Å². The number of carbonyl (C=O) groups excluding carboxylic acids is 1. The number of carbonyl (C=O) groups is 1. The van der Waals surface area contributed by atoms with Crippen molar-refractivity contribution in [2.24, 2.45) is 0 Å². The van der Waals surface area contributed by atoms with Crippen molar-refractivity contribution >= 4 is 12.0 Å². The third kappa shape index (κ3) is 1.49. The van der Waals surface area contributed by atoms with Crippen molar-refractivity contribution in [2.45, 2.75) is 0 Å². The molecule has 0 aliphatic carbocycles. The van der Waals surface area contributed by atoms with Gasteiger partial charge in [-0.15, -0.1) is 0 Å². The second kappa shape index (κ2) is 3.05. The Hall–Kier alpha value is -1.51. The Kier molecular flexibility index (Phi) is 2.11. The van der Waals surface area contributed by atoms with Crippen molar-refractivity contribution in [1.82, 2.24) is 0 Å². The lowest BCUT2D eigenvalue weighted by molar-refractivity contribution is 0.112. The topological polar surface area (TPSA) is 49.3 Å². The van der Waals surface area contributed by atoms with Crippen molar-refractivity contribution in [3.8, 4) is 5.75 Å². The lowest BCUT2D eigenvalue weighted by atomic mass is 10.2. The Bertz CT molecular complexity index is 271. The zero-order chi connectivity index (χ0) is 8.27. The third-order valence-corrected chi connectivity index (χ3v) is 1.43. The summed E-state index contributed by atoms with van der Waals surface area (Å²) in [7, 11) is 1.72. The molecule has 0 spiro atoms. The van der Waals surface area contributed by atoms with E-state index in [2.05, 4.69) is 5.32 Å². The number of benzene rings is 1. The summed E-state index contributed by atoms with van der Waals surface area (Å²) in [6.45, 7) is 0. The molecule has 1 aromatic carbocycles. The first-order valence-electron chi connectivity index (χ1n) is 3.24. The fourth-order valence-corrected chi connectivity index (χ4v) is 0.875. The normalized spacial score (nSPS) is 9.18. The van der Waals surface area contributed by atoms with Gasteiger partial charge in [0.15, 0.2) is 6.29 Å². The number of anilines is 1. The van der Waals surface area contributed by atoms with E-state index in [9.17, 15) is 4.79 Å². The van der Waals surface area contributed by atoms with E-state index in [1.54, 1.807) is 13.1 Å². The molecule has 0 unspecified atom stereocenters. The van der Waals surface area contributed by atoms with Gasteiger partial charge in [-0.2, -0.15) is 0 Å². The molecule has 0 bridgehead atoms. The van der Waals surface area contributed by atoms with Crippen LogP contribution in [0.15, 0.2) is 18.2 Å². The average molecular weight is 151 g/mol. The number of aromatic hydroxyl groups is 1. The predicted octanol–water partition coefficient (Wildman–Crippen LogP) is 1.25. The quantitative estimate of drug-likeness (QED) is 0.494. The van der Waals surface area contributed by atoms with Crippen LogP contribution in [0.2, 0.25) is 0 Å². The smallest absolute Gasteiger partial charge is 0.152 e. The van der Waals surface area contributed by atoms with Crippen molar-refractivity contribution in [3.05, 3.63) is 23.8 Å². The highest BCUT2D eigenvalue weighted by atomic mass is 16.3. The minimum absolute atomic E-state index is 0.103. The van der Waals surface area contributed by atoms with Crippen LogP contribution in [0.4, 0.5) is 5.69 Å². The zero-order valence-corrected chi connectivity index (χ0v) is 6.16. The largest absolute Gasteiger partial charge is 0.508 e. The molecule has 0 radical (unpaired) electrons. The van der Waals surface area contributed by atoms with Crippen LogP contribution in [0.5, 0.6) is 5.75 Å². The Labute approximate surface area is 64.7 Å². The summed E-state index contributed by atoms with van der Waals surface area (Å²) >= 11 is 0. The number of hydrogen-bond donors (Lipinski definition) is 2. The van der Waals surface area contributed by atoms with Gasteiger partial charge in [0, 0.05) is 18.3 Å². The second-order valence-electron chi connectivity index (χ2n) is 2.14. The average Bonchev–Trinajstić information content (AvgIpc) is 2.04. The number of phenols is 1. The van der Waals surface area contributed by atoms with Crippen molar-refractivity contribution in [3.63, 3.8) is 0 Å². The lowest BCUT2D eigenvalue weighted by Crippen LogP contribution is -1.92. The van der Waals surface area contributed by atoms with Crippen molar-refractivity contribution < 1.29 is 9.90 Å². The highest BCUT2D eigenvalue weighted by Crippen LogP contribution is 2.18. The predicted molar refractivity (Wildman–Crippen MR) is 43.0 cm³/mol. The molecule has 0 amide bonds. The maximum Gasteiger partial charge on any atom is 0.152 e. The van der Waals surface area contributed by atoms with Crippen LogP contribution >= 0.6 is 0 Å². The molecule has 11 heavy (non-hydrogen) atoms. The van der Waals surface area contributed by atoms with Crippen molar-refractivity contribution in [2.75, 3.05) is 12.4 Å². The van der Waals surface area contributed by atoms with Gasteiger partial charge in [0.05, 0.1) is 0 Å². The number of aldehydes is 1. The van der Waals surface area contributed by atoms with Gasteiger partial charge in [0.25, 0.3) is 0 Å². The Morgan fingerprint density at radius 1 is 1.55 bits per heavy atom. The van der Waals surface area contributed by atoms with Crippen LogP contribution in [0.1, 0.15) is 10.4 Å². The molecule has 58 valence electrons. The van der Waals surface area contributed by atoms with Crippen LogP contribution < -0.4 is 5.32 Å². The highest BCUT2D eigenvalue weighted by Gasteiger charge is 1.98. The van der Waals surface area contributed by atoms with Gasteiger partial charge in [-0.25, -0.2) is 0 Å². The fraction of sp³-hybridized carbons (Fsp3) is 0.125. The van der Waals surface area contributed by atoms with Crippen LogP contribution in [-0.2, 0) is 0 Å². The molecule has 2 N–H and O–H groups in total. The number of nitrogens with one attached hydrogen (secondary N) is 1. The molecule has 0 atom stereocenters. The second-order valence-corrected chi connectivity index (χ2v) is 2.14. The first-order valence-corrected chi connectivity index (χ1v) is 3.24. The maximum atomic E-state index is 10.4. The zero-order valence-electron chi connectivity index (χ0n) is 6.16. The van der Waals surface area contributed by atoms with Gasteiger partial charge in [0.1, 0.15) is 5.75 Å². The first kappa shape index (κ1) is 7.60. The van der Waals surface area contributed by atoms with E-state index in [1.807, 2.05) is 0 Å². The molecule has 0 aromatic heterocycles. The monoisotopic (exact) mass is 151 g/mol. The molecular weight excluding hydrogens is 142 g/mol. The molecule has 1 rings (SSSR count). The van der Waals surface area contributed by atoms with E-state index >= 15 is 0 Å². The molecule has 0 saturated carbocycles. The molecule has 0 aliphatic heterocycles. The Balaban J connectivity index is 3.16. The molecular formula is C8H9NO2. The van der Waals surface area contributed by atoms with Gasteiger partial charge in [0.2, 0.25) is 0 Å². The lowest BCUT2D eigenvalue weighted by Gasteiger charge is -2.02. The van der Waals surface area contributed by atoms with Gasteiger partial charge in [-0.1, -0.05) is 0 Å². The molecule has 1 aromatic rings. The Morgan fingerprint density at radius 3 is 2.82 bits per heavy atom. The highest BCUT2D eigenvalue weighted by molar-refractivity contribution is 5.84. The van der Waals surface area contributed by atoms with Gasteiger partial charge >= 0.3 is 0 Å². The fourth-order valence-electron chi connectivity index (χ4n) is 0.875. The van der Waals surface area contributed by atoms with E-state index in [0.29, 0.717) is 11.8 Å². The van der Waals surface area contributed by atoms with Gasteiger partial charge < -0.3 is 10.4 Å². The van der Waals surface area contributed by atoms with Gasteiger partial charge in [-0.05, 0) is 18.2 Å². The summed E-state index contributed by atoms with van der Waals surface area (Å²) in [5.74, 6) is 0.103. The molecule has 0 saturated heterocycles. The summed E-state index contributed by atoms with van der Waals surface area (Å²) in [6.07, 6.45) is 0.700. The number of hydrogen-bond acceptors (Lipinski definition) is 3. The molecule has 0 fully saturated rings. The number of phenolic OH excluding ortho intramolecular Hbond substituents is 1. The SMILES string of the molecule is CNc1ccc(O)cc1C=O. The standard InChI is InChI=1S/C8H9NO2/c1-9-8-3-2-7(11)4-6(8)5-10/h2-5,9,11H,1H3. The van der Waals surface area contributed by atoms with Crippen molar-refractivity contribution in [1.29, 1.82) is 0 Å². The van der Waals surface area contributed by atoms with Crippen LogP contribution in [0, 0.1) is 0 Å². The summed E-state index contributed by atoms with van der Waals surface area (Å²) in [4.78, 5) is 10.4. The third-order valence-electron chi connectivity index (χ3n) is 1.43. The Morgan fingerprint density at radius 2 is 2.27 bits per heavy atom.